The third-order valence-corrected chi connectivity index (χ3v) is 8.27. The van der Waals surface area contributed by atoms with E-state index in [-0.39, 0.29) is 17.1 Å². The van der Waals surface area contributed by atoms with Crippen molar-refractivity contribution < 1.29 is 27.8 Å². The van der Waals surface area contributed by atoms with Crippen molar-refractivity contribution in [1.82, 2.24) is 25.0 Å². The highest BCUT2D eigenvalue weighted by molar-refractivity contribution is 7.13. The minimum absolute atomic E-state index is 0.00220. The van der Waals surface area contributed by atoms with Gasteiger partial charge in [0.1, 0.15) is 0 Å². The molecular weight excluding hydrogens is 507 g/mol. The Balaban J connectivity index is 1.09. The number of benzene rings is 1. The first-order valence-electron chi connectivity index (χ1n) is 12.4. The molecule has 1 aromatic carbocycles. The Hall–Kier alpha value is -2.70. The number of aryl methyl sites for hydroxylation is 1. The Kier molecular flexibility index (Phi) is 7.16. The van der Waals surface area contributed by atoms with Gasteiger partial charge in [-0.25, -0.2) is 4.98 Å². The summed E-state index contributed by atoms with van der Waals surface area (Å²) in [5, 5.41) is 19.5. The van der Waals surface area contributed by atoms with Gasteiger partial charge in [0.2, 0.25) is 0 Å². The zero-order chi connectivity index (χ0) is 26.2. The molecule has 2 N–H and O–H groups in total. The molecule has 3 heterocycles. The minimum atomic E-state index is -4.39. The molecule has 1 aliphatic heterocycles. The van der Waals surface area contributed by atoms with Crippen LogP contribution in [0, 0.1) is 0 Å². The van der Waals surface area contributed by atoms with Crippen LogP contribution in [0.1, 0.15) is 53.0 Å². The zero-order valence-corrected chi connectivity index (χ0v) is 21.4. The van der Waals surface area contributed by atoms with Crippen LogP contribution in [-0.2, 0) is 20.0 Å². The average Bonchev–Trinajstić information content (AvgIpc) is 3.44. The van der Waals surface area contributed by atoms with Crippen molar-refractivity contribution in [3.8, 4) is 5.19 Å². The summed E-state index contributed by atoms with van der Waals surface area (Å²) in [6, 6.07) is 5.51. The molecule has 12 heteroatoms. The molecule has 37 heavy (non-hydrogen) atoms. The number of carbonyl (C=O) groups is 1. The van der Waals surface area contributed by atoms with E-state index in [0.717, 1.165) is 28.0 Å². The van der Waals surface area contributed by atoms with Gasteiger partial charge < -0.3 is 15.2 Å². The van der Waals surface area contributed by atoms with E-state index in [4.69, 9.17) is 4.74 Å². The lowest BCUT2D eigenvalue weighted by Gasteiger charge is -2.38. The molecule has 8 nitrogen and oxygen atoms in total. The predicted octanol–water partition coefficient (Wildman–Crippen LogP) is 3.82. The summed E-state index contributed by atoms with van der Waals surface area (Å²) in [5.41, 5.74) is 1.34. The van der Waals surface area contributed by atoms with Gasteiger partial charge >= 0.3 is 6.18 Å². The molecular formula is C25H30F3N5O3S. The topological polar surface area (TPSA) is 92.5 Å². The van der Waals surface area contributed by atoms with Gasteiger partial charge in [-0.1, -0.05) is 17.4 Å². The lowest BCUT2D eigenvalue weighted by atomic mass is 9.80. The fourth-order valence-electron chi connectivity index (χ4n) is 5.16. The van der Waals surface area contributed by atoms with Crippen LogP contribution < -0.4 is 10.1 Å². The van der Waals surface area contributed by atoms with Gasteiger partial charge in [0.25, 0.3) is 11.1 Å². The van der Waals surface area contributed by atoms with Crippen LogP contribution in [0.15, 0.2) is 24.4 Å². The third-order valence-electron chi connectivity index (χ3n) is 7.20. The van der Waals surface area contributed by atoms with Crippen LogP contribution in [0.4, 0.5) is 13.2 Å². The molecule has 0 unspecified atom stereocenters. The molecule has 5 rings (SSSR count). The number of aromatic nitrogens is 3. The summed E-state index contributed by atoms with van der Waals surface area (Å²) in [4.78, 5) is 20.3. The molecule has 1 amide bonds. The molecule has 2 aromatic heterocycles. The largest absolute Gasteiger partial charge is 0.460 e. The van der Waals surface area contributed by atoms with E-state index < -0.39 is 18.4 Å². The molecule has 1 aliphatic carbocycles. The number of halogens is 3. The highest BCUT2D eigenvalue weighted by Gasteiger charge is 2.35. The maximum absolute atomic E-state index is 12.9. The molecule has 1 saturated carbocycles. The van der Waals surface area contributed by atoms with E-state index in [1.165, 1.54) is 11.3 Å². The quantitative estimate of drug-likeness (QED) is 0.476. The van der Waals surface area contributed by atoms with Gasteiger partial charge in [-0.3, -0.25) is 14.4 Å². The Bertz CT molecular complexity index is 1270. The number of hydrogen-bond donors (Lipinski definition) is 2. The van der Waals surface area contributed by atoms with Crippen molar-refractivity contribution in [2.24, 2.45) is 7.05 Å². The van der Waals surface area contributed by atoms with Gasteiger partial charge in [0.15, 0.2) is 6.61 Å². The van der Waals surface area contributed by atoms with Gasteiger partial charge in [0.05, 0.1) is 22.4 Å². The normalized spacial score (nSPS) is 22.7. The summed E-state index contributed by atoms with van der Waals surface area (Å²) in [5.74, 6) is -0.125. The number of carbonyl (C=O) groups excluding carboxylic acids is 1. The molecule has 0 radical (unpaired) electrons. The molecule has 0 bridgehead atoms. The third kappa shape index (κ3) is 6.24. The number of nitrogens with zero attached hydrogens (tertiary/aromatic N) is 4. The SMILES string of the molecule is Cn1cc2c(C(=O)NC3CCC(O)(CCN4CCc5sc(OCC(F)(F)F)nc5C4)CC3)cccc2n1. The smallest absolute Gasteiger partial charge is 0.422 e. The number of nitrogens with one attached hydrogen (secondary N) is 1. The fraction of sp³-hybridized carbons (Fsp3) is 0.560. The molecule has 0 saturated heterocycles. The second-order valence-corrected chi connectivity index (χ2v) is 11.1. The fourth-order valence-corrected chi connectivity index (χ4v) is 6.07. The van der Waals surface area contributed by atoms with Gasteiger partial charge in [-0.2, -0.15) is 18.3 Å². The molecule has 1 fully saturated rings. The number of amides is 1. The van der Waals surface area contributed by atoms with Gasteiger partial charge in [0, 0.05) is 49.2 Å². The minimum Gasteiger partial charge on any atom is -0.460 e. The van der Waals surface area contributed by atoms with Crippen molar-refractivity contribution in [2.45, 2.75) is 62.9 Å². The maximum atomic E-state index is 12.9. The Morgan fingerprint density at radius 2 is 2.11 bits per heavy atom. The molecule has 2 aliphatic rings. The van der Waals surface area contributed by atoms with Crippen molar-refractivity contribution >= 4 is 28.1 Å². The number of hydrogen-bond acceptors (Lipinski definition) is 7. The average molecular weight is 538 g/mol. The first kappa shape index (κ1) is 25.9. The Morgan fingerprint density at radius 3 is 2.86 bits per heavy atom. The lowest BCUT2D eigenvalue weighted by Crippen LogP contribution is -2.45. The lowest BCUT2D eigenvalue weighted by molar-refractivity contribution is -0.153. The van der Waals surface area contributed by atoms with Crippen molar-refractivity contribution in [3.05, 3.63) is 40.5 Å². The van der Waals surface area contributed by atoms with E-state index >= 15 is 0 Å². The van der Waals surface area contributed by atoms with Crippen molar-refractivity contribution in [2.75, 3.05) is 19.7 Å². The maximum Gasteiger partial charge on any atom is 0.422 e. The second-order valence-electron chi connectivity index (χ2n) is 10.0. The summed E-state index contributed by atoms with van der Waals surface area (Å²) >= 11 is 1.18. The Labute approximate surface area is 216 Å². The highest BCUT2D eigenvalue weighted by Crippen LogP contribution is 2.34. The van der Waals surface area contributed by atoms with Crippen LogP contribution in [0.3, 0.4) is 0 Å². The molecule has 200 valence electrons. The Morgan fingerprint density at radius 1 is 1.32 bits per heavy atom. The van der Waals surface area contributed by atoms with E-state index in [2.05, 4.69) is 20.3 Å². The summed E-state index contributed by atoms with van der Waals surface area (Å²) in [7, 11) is 1.83. The number of aliphatic hydroxyl groups is 1. The van der Waals surface area contributed by atoms with E-state index in [1.807, 2.05) is 25.4 Å². The summed E-state index contributed by atoms with van der Waals surface area (Å²) < 4.78 is 43.8. The number of rotatable bonds is 7. The standard InChI is InChI=1S/C25H30F3N5O3S/c1-32-13-18-17(3-2-4-19(18)31-32)22(34)29-16-5-8-24(35,9-6-16)10-12-33-11-7-21-20(14-33)30-23(37-21)36-15-25(26,27)28/h2-4,13,16,35H,5-12,14-15H2,1H3,(H,29,34). The molecule has 0 atom stereocenters. The van der Waals surface area contributed by atoms with Crippen molar-refractivity contribution in [1.29, 1.82) is 0 Å². The van der Waals surface area contributed by atoms with E-state index in [1.54, 1.807) is 10.7 Å². The van der Waals surface area contributed by atoms with E-state index in [0.29, 0.717) is 57.2 Å². The van der Waals surface area contributed by atoms with Gasteiger partial charge in [-0.15, -0.1) is 0 Å². The number of thiazole rings is 1. The first-order chi connectivity index (χ1) is 17.6. The summed E-state index contributed by atoms with van der Waals surface area (Å²) in [6.45, 7) is 0.640. The van der Waals surface area contributed by atoms with Crippen LogP contribution in [0.2, 0.25) is 0 Å². The summed E-state index contributed by atoms with van der Waals surface area (Å²) in [6.07, 6.45) is 1.35. The monoisotopic (exact) mass is 537 g/mol. The van der Waals surface area contributed by atoms with Crippen LogP contribution in [0.25, 0.3) is 10.9 Å². The van der Waals surface area contributed by atoms with Crippen LogP contribution in [-0.4, -0.2) is 68.2 Å². The zero-order valence-electron chi connectivity index (χ0n) is 20.6. The first-order valence-corrected chi connectivity index (χ1v) is 13.2. The van der Waals surface area contributed by atoms with Crippen LogP contribution in [0.5, 0.6) is 5.19 Å². The van der Waals surface area contributed by atoms with E-state index in [9.17, 15) is 23.1 Å². The van der Waals surface area contributed by atoms with Crippen LogP contribution >= 0.6 is 11.3 Å². The molecule has 3 aromatic rings. The second kappa shape index (κ2) is 10.2. The molecule has 0 spiro atoms. The highest BCUT2D eigenvalue weighted by atomic mass is 32.1. The predicted molar refractivity (Wildman–Crippen MR) is 133 cm³/mol. The number of alkyl halides is 3. The number of fused-ring (bicyclic) bond motifs is 2. The number of ether oxygens (including phenoxy) is 1. The van der Waals surface area contributed by atoms with Crippen molar-refractivity contribution in [3.63, 3.8) is 0 Å². The van der Waals surface area contributed by atoms with Gasteiger partial charge in [-0.05, 0) is 50.7 Å².